The summed E-state index contributed by atoms with van der Waals surface area (Å²) in [6, 6.07) is 10.7. The second kappa shape index (κ2) is 6.68. The Morgan fingerprint density at radius 1 is 1.26 bits per heavy atom. The smallest absolute Gasteiger partial charge is 0.137 e. The molecule has 1 unspecified atom stereocenters. The van der Waals surface area contributed by atoms with Crippen molar-refractivity contribution in [3.8, 4) is 0 Å². The highest BCUT2D eigenvalue weighted by molar-refractivity contribution is 7.99. The van der Waals surface area contributed by atoms with Gasteiger partial charge in [0.1, 0.15) is 10.8 Å². The van der Waals surface area contributed by atoms with Crippen molar-refractivity contribution in [1.82, 2.24) is 4.98 Å². The van der Waals surface area contributed by atoms with E-state index in [-0.39, 0.29) is 11.9 Å². The van der Waals surface area contributed by atoms with Crippen LogP contribution >= 0.6 is 11.8 Å². The van der Waals surface area contributed by atoms with E-state index in [2.05, 4.69) is 11.9 Å². The third-order valence-corrected chi connectivity index (χ3v) is 4.01. The number of hydrogen-bond acceptors (Lipinski definition) is 3. The lowest BCUT2D eigenvalue weighted by molar-refractivity contribution is 0.601. The zero-order valence-electron chi connectivity index (χ0n) is 10.8. The van der Waals surface area contributed by atoms with Crippen molar-refractivity contribution >= 4 is 11.8 Å². The van der Waals surface area contributed by atoms with E-state index in [0.717, 1.165) is 23.4 Å². The van der Waals surface area contributed by atoms with Crippen LogP contribution < -0.4 is 5.73 Å². The molecule has 1 aromatic carbocycles. The number of benzene rings is 1. The Kier molecular flexibility index (Phi) is 4.93. The third-order valence-electron chi connectivity index (χ3n) is 2.90. The van der Waals surface area contributed by atoms with Gasteiger partial charge in [-0.25, -0.2) is 9.37 Å². The molecule has 2 N–H and O–H groups in total. The maximum Gasteiger partial charge on any atom is 0.137 e. The number of hydrogen-bond donors (Lipinski definition) is 1. The van der Waals surface area contributed by atoms with E-state index in [0.29, 0.717) is 4.90 Å². The largest absolute Gasteiger partial charge is 0.327 e. The van der Waals surface area contributed by atoms with Crippen LogP contribution in [0.15, 0.2) is 52.5 Å². The zero-order valence-corrected chi connectivity index (χ0v) is 11.7. The normalized spacial score (nSPS) is 12.4. The van der Waals surface area contributed by atoms with Crippen molar-refractivity contribution in [2.75, 3.05) is 0 Å². The van der Waals surface area contributed by atoms with Gasteiger partial charge in [-0.2, -0.15) is 0 Å². The van der Waals surface area contributed by atoms with Crippen LogP contribution in [0.4, 0.5) is 4.39 Å². The van der Waals surface area contributed by atoms with Crippen LogP contribution in [0, 0.1) is 5.82 Å². The number of halogens is 1. The molecule has 100 valence electrons. The van der Waals surface area contributed by atoms with Gasteiger partial charge in [-0.05, 0) is 36.6 Å². The van der Waals surface area contributed by atoms with Crippen LogP contribution in [-0.2, 0) is 6.42 Å². The fourth-order valence-electron chi connectivity index (χ4n) is 1.73. The van der Waals surface area contributed by atoms with Crippen molar-refractivity contribution in [2.24, 2.45) is 5.73 Å². The monoisotopic (exact) mass is 276 g/mol. The van der Waals surface area contributed by atoms with Gasteiger partial charge in [0.05, 0.1) is 0 Å². The second-order valence-corrected chi connectivity index (χ2v) is 5.40. The van der Waals surface area contributed by atoms with Gasteiger partial charge in [-0.15, -0.1) is 0 Å². The maximum absolute atomic E-state index is 13.7. The minimum Gasteiger partial charge on any atom is -0.327 e. The fourth-order valence-corrected chi connectivity index (χ4v) is 2.65. The van der Waals surface area contributed by atoms with E-state index in [1.54, 1.807) is 18.3 Å². The minimum atomic E-state index is -0.219. The summed E-state index contributed by atoms with van der Waals surface area (Å²) in [7, 11) is 0. The molecule has 0 radical (unpaired) electrons. The van der Waals surface area contributed by atoms with E-state index in [9.17, 15) is 4.39 Å². The highest BCUT2D eigenvalue weighted by atomic mass is 32.2. The first-order valence-electron chi connectivity index (χ1n) is 6.32. The van der Waals surface area contributed by atoms with Crippen molar-refractivity contribution in [3.63, 3.8) is 0 Å². The first-order chi connectivity index (χ1) is 9.20. The summed E-state index contributed by atoms with van der Waals surface area (Å²) in [5.41, 5.74) is 7.06. The Morgan fingerprint density at radius 3 is 2.79 bits per heavy atom. The minimum absolute atomic E-state index is 0.115. The molecule has 0 spiro atoms. The van der Waals surface area contributed by atoms with Gasteiger partial charge in [0.2, 0.25) is 0 Å². The Labute approximate surface area is 117 Å². The zero-order chi connectivity index (χ0) is 13.7. The van der Waals surface area contributed by atoms with Crippen molar-refractivity contribution in [1.29, 1.82) is 0 Å². The predicted octanol–water partition coefficient (Wildman–Crippen LogP) is 3.65. The summed E-state index contributed by atoms with van der Waals surface area (Å²) >= 11 is 1.35. The van der Waals surface area contributed by atoms with Crippen LogP contribution in [0.2, 0.25) is 0 Å². The van der Waals surface area contributed by atoms with E-state index >= 15 is 0 Å². The Morgan fingerprint density at radius 2 is 2.05 bits per heavy atom. The van der Waals surface area contributed by atoms with E-state index in [4.69, 9.17) is 5.73 Å². The first kappa shape index (κ1) is 14.0. The molecule has 0 aliphatic rings. The number of aromatic nitrogens is 1. The van der Waals surface area contributed by atoms with Crippen LogP contribution in [0.5, 0.6) is 0 Å². The number of nitrogens with two attached hydrogens (primary N) is 1. The lowest BCUT2D eigenvalue weighted by Gasteiger charge is -2.12. The molecule has 2 aromatic rings. The average molecular weight is 276 g/mol. The van der Waals surface area contributed by atoms with Gasteiger partial charge < -0.3 is 5.73 Å². The molecule has 0 saturated carbocycles. The Balaban J connectivity index is 2.23. The molecular weight excluding hydrogens is 259 g/mol. The van der Waals surface area contributed by atoms with Crippen LogP contribution in [-0.4, -0.2) is 11.0 Å². The lowest BCUT2D eigenvalue weighted by atomic mass is 10.1. The lowest BCUT2D eigenvalue weighted by Crippen LogP contribution is -2.21. The van der Waals surface area contributed by atoms with Crippen molar-refractivity contribution in [2.45, 2.75) is 35.7 Å². The first-order valence-corrected chi connectivity index (χ1v) is 7.14. The molecular formula is C15H17FN2S. The van der Waals surface area contributed by atoms with Crippen LogP contribution in [0.1, 0.15) is 18.9 Å². The molecule has 0 aliphatic carbocycles. The van der Waals surface area contributed by atoms with Gasteiger partial charge in [0.15, 0.2) is 0 Å². The summed E-state index contributed by atoms with van der Waals surface area (Å²) in [6.07, 6.45) is 3.41. The molecule has 19 heavy (non-hydrogen) atoms. The number of pyridine rings is 1. The van der Waals surface area contributed by atoms with Gasteiger partial charge in [0, 0.05) is 17.1 Å². The number of nitrogens with zero attached hydrogens (tertiary/aromatic N) is 1. The molecule has 1 atom stereocenters. The van der Waals surface area contributed by atoms with Gasteiger partial charge in [-0.3, -0.25) is 0 Å². The van der Waals surface area contributed by atoms with Crippen molar-refractivity contribution < 1.29 is 4.39 Å². The van der Waals surface area contributed by atoms with Gasteiger partial charge in [0.25, 0.3) is 0 Å². The van der Waals surface area contributed by atoms with Crippen molar-refractivity contribution in [3.05, 3.63) is 54.0 Å². The molecule has 2 rings (SSSR count). The average Bonchev–Trinajstić information content (AvgIpc) is 2.43. The summed E-state index contributed by atoms with van der Waals surface area (Å²) in [6.45, 7) is 2.06. The maximum atomic E-state index is 13.7. The number of rotatable bonds is 5. The van der Waals surface area contributed by atoms with E-state index < -0.39 is 0 Å². The van der Waals surface area contributed by atoms with E-state index in [1.807, 2.05) is 18.2 Å². The highest BCUT2D eigenvalue weighted by Gasteiger charge is 2.11. The molecule has 0 aliphatic heterocycles. The molecule has 0 bridgehead atoms. The summed E-state index contributed by atoms with van der Waals surface area (Å²) < 4.78 is 13.7. The quantitative estimate of drug-likeness (QED) is 0.906. The standard InChI is InChI=1S/C15H17FN2S/c1-2-12(17)10-11-6-5-9-18-15(11)19-14-8-4-3-7-13(14)16/h3-9,12H,2,10,17H2,1H3. The third kappa shape index (κ3) is 3.78. The van der Waals surface area contributed by atoms with Crippen LogP contribution in [0.25, 0.3) is 0 Å². The molecule has 4 heteroatoms. The Hall–Kier alpha value is -1.39. The van der Waals surface area contributed by atoms with E-state index in [1.165, 1.54) is 17.8 Å². The van der Waals surface area contributed by atoms with Crippen LogP contribution in [0.3, 0.4) is 0 Å². The van der Waals surface area contributed by atoms with Gasteiger partial charge >= 0.3 is 0 Å². The summed E-state index contributed by atoms with van der Waals surface area (Å²) in [5.74, 6) is -0.219. The molecule has 0 amide bonds. The molecule has 0 fully saturated rings. The molecule has 0 saturated heterocycles. The fraction of sp³-hybridized carbons (Fsp3) is 0.267. The second-order valence-electron chi connectivity index (χ2n) is 4.37. The molecule has 2 nitrogen and oxygen atoms in total. The summed E-state index contributed by atoms with van der Waals surface area (Å²) in [5, 5.41) is 0.830. The SMILES string of the molecule is CCC(N)Cc1cccnc1Sc1ccccc1F. The summed E-state index contributed by atoms with van der Waals surface area (Å²) in [4.78, 5) is 4.93. The van der Waals surface area contributed by atoms with Gasteiger partial charge in [-0.1, -0.05) is 36.9 Å². The highest BCUT2D eigenvalue weighted by Crippen LogP contribution is 2.30. The predicted molar refractivity (Wildman–Crippen MR) is 76.7 cm³/mol. The topological polar surface area (TPSA) is 38.9 Å². The molecule has 1 aromatic heterocycles. The Bertz CT molecular complexity index is 545. The molecule has 1 heterocycles.